The highest BCUT2D eigenvalue weighted by atomic mass is 32.2. The molecule has 1 aromatic rings. The number of piperidine rings is 1. The molecular weight excluding hydrogens is 310 g/mol. The van der Waals surface area contributed by atoms with E-state index in [4.69, 9.17) is 5.73 Å². The lowest BCUT2D eigenvalue weighted by Crippen LogP contribution is -2.51. The summed E-state index contributed by atoms with van der Waals surface area (Å²) in [5.41, 5.74) is 7.24. The normalized spacial score (nSPS) is 27.3. The molecule has 3 atom stereocenters. The van der Waals surface area contributed by atoms with Gasteiger partial charge in [0, 0.05) is 29.6 Å². The van der Waals surface area contributed by atoms with Gasteiger partial charge < -0.3 is 16.0 Å². The minimum absolute atomic E-state index is 0.00710. The van der Waals surface area contributed by atoms with Gasteiger partial charge in [0.15, 0.2) is 0 Å². The van der Waals surface area contributed by atoms with E-state index in [0.717, 1.165) is 30.0 Å². The lowest BCUT2D eigenvalue weighted by molar-refractivity contribution is -0.115. The van der Waals surface area contributed by atoms with E-state index < -0.39 is 0 Å². The fourth-order valence-electron chi connectivity index (χ4n) is 3.37. The van der Waals surface area contributed by atoms with E-state index in [1.165, 1.54) is 11.8 Å². The average molecular weight is 333 g/mol. The number of carbonyl (C=O) groups is 2. The van der Waals surface area contributed by atoms with Gasteiger partial charge in [-0.2, -0.15) is 0 Å². The maximum Gasteiger partial charge on any atom is 0.254 e. The van der Waals surface area contributed by atoms with Gasteiger partial charge in [-0.25, -0.2) is 0 Å². The molecule has 0 aliphatic carbocycles. The number of nitrogens with zero attached hydrogens (tertiary/aromatic N) is 1. The highest BCUT2D eigenvalue weighted by molar-refractivity contribution is 8.00. The summed E-state index contributed by atoms with van der Waals surface area (Å²) in [6, 6.07) is 5.66. The topological polar surface area (TPSA) is 75.4 Å². The van der Waals surface area contributed by atoms with E-state index in [1.54, 1.807) is 6.07 Å². The van der Waals surface area contributed by atoms with Crippen LogP contribution in [-0.2, 0) is 4.79 Å². The van der Waals surface area contributed by atoms with Crippen LogP contribution in [0.5, 0.6) is 0 Å². The lowest BCUT2D eigenvalue weighted by Gasteiger charge is -2.39. The van der Waals surface area contributed by atoms with Crippen LogP contribution in [0.2, 0.25) is 0 Å². The van der Waals surface area contributed by atoms with Crippen LogP contribution in [0, 0.1) is 5.92 Å². The maximum atomic E-state index is 12.9. The number of likely N-dealkylation sites (tertiary alicyclic amines) is 1. The zero-order chi connectivity index (χ0) is 16.6. The van der Waals surface area contributed by atoms with Gasteiger partial charge in [0.05, 0.1) is 10.9 Å². The van der Waals surface area contributed by atoms with Crippen molar-refractivity contribution in [1.29, 1.82) is 0 Å². The first-order chi connectivity index (χ1) is 11.0. The van der Waals surface area contributed by atoms with Crippen molar-refractivity contribution in [3.05, 3.63) is 23.8 Å². The summed E-state index contributed by atoms with van der Waals surface area (Å²) in [6.45, 7) is 5.27. The number of nitrogens with two attached hydrogens (primary N) is 1. The summed E-state index contributed by atoms with van der Waals surface area (Å²) in [5.74, 6) is 0.414. The summed E-state index contributed by atoms with van der Waals surface area (Å²) in [5, 5.41) is 2.78. The average Bonchev–Trinajstić information content (AvgIpc) is 2.54. The van der Waals surface area contributed by atoms with Crippen LogP contribution < -0.4 is 11.1 Å². The van der Waals surface area contributed by atoms with Crippen LogP contribution in [-0.4, -0.2) is 41.1 Å². The molecule has 1 fully saturated rings. The van der Waals surface area contributed by atoms with Gasteiger partial charge in [-0.15, -0.1) is 11.8 Å². The first-order valence-electron chi connectivity index (χ1n) is 8.14. The van der Waals surface area contributed by atoms with E-state index in [2.05, 4.69) is 12.2 Å². The van der Waals surface area contributed by atoms with Crippen molar-refractivity contribution >= 4 is 29.3 Å². The Morgan fingerprint density at radius 2 is 2.22 bits per heavy atom. The summed E-state index contributed by atoms with van der Waals surface area (Å²) in [7, 11) is 0. The van der Waals surface area contributed by atoms with Crippen molar-refractivity contribution < 1.29 is 9.59 Å². The molecule has 1 saturated heterocycles. The number of fused-ring (bicyclic) bond motifs is 1. The minimum Gasteiger partial charge on any atom is -0.334 e. The number of benzene rings is 1. The van der Waals surface area contributed by atoms with Crippen molar-refractivity contribution in [3.63, 3.8) is 0 Å². The van der Waals surface area contributed by atoms with Gasteiger partial charge in [-0.3, -0.25) is 9.59 Å². The molecule has 0 spiro atoms. The van der Waals surface area contributed by atoms with Crippen LogP contribution >= 0.6 is 11.8 Å². The predicted octanol–water partition coefficient (Wildman–Crippen LogP) is 2.32. The molecule has 2 heterocycles. The molecule has 0 radical (unpaired) electrons. The lowest BCUT2D eigenvalue weighted by atomic mass is 9.90. The second-order valence-electron chi connectivity index (χ2n) is 6.38. The molecule has 1 aromatic carbocycles. The highest BCUT2D eigenvalue weighted by Crippen LogP contribution is 2.36. The minimum atomic E-state index is -0.103. The smallest absolute Gasteiger partial charge is 0.254 e. The quantitative estimate of drug-likeness (QED) is 0.871. The number of hydrogen-bond donors (Lipinski definition) is 2. The Hall–Kier alpha value is -1.53. The first-order valence-corrected chi connectivity index (χ1v) is 9.02. The number of amides is 2. The van der Waals surface area contributed by atoms with Gasteiger partial charge in [-0.1, -0.05) is 6.92 Å². The zero-order valence-corrected chi connectivity index (χ0v) is 14.4. The summed E-state index contributed by atoms with van der Waals surface area (Å²) >= 11 is 1.52. The largest absolute Gasteiger partial charge is 0.334 e. The number of anilines is 1. The van der Waals surface area contributed by atoms with Gasteiger partial charge in [-0.05, 0) is 43.9 Å². The molecule has 5 nitrogen and oxygen atoms in total. The van der Waals surface area contributed by atoms with Crippen LogP contribution in [0.25, 0.3) is 0 Å². The SMILES string of the molecule is C[C@@H]1Sc2ccc(C(=O)N3CCC[C@@H](C)[C@@H]3CN)cc2NC1=O. The first kappa shape index (κ1) is 16.3. The summed E-state index contributed by atoms with van der Waals surface area (Å²) in [4.78, 5) is 27.6. The number of nitrogens with one attached hydrogen (secondary N) is 1. The second-order valence-corrected chi connectivity index (χ2v) is 7.76. The fraction of sp³-hybridized carbons (Fsp3) is 0.529. The molecule has 3 rings (SSSR count). The van der Waals surface area contributed by atoms with Crippen molar-refractivity contribution in [3.8, 4) is 0 Å². The Labute approximate surface area is 141 Å². The van der Waals surface area contributed by atoms with Crippen LogP contribution in [0.4, 0.5) is 5.69 Å². The summed E-state index contributed by atoms with van der Waals surface area (Å²) < 4.78 is 0. The summed E-state index contributed by atoms with van der Waals surface area (Å²) in [6.07, 6.45) is 2.12. The molecule has 0 bridgehead atoms. The van der Waals surface area contributed by atoms with E-state index in [0.29, 0.717) is 18.0 Å². The third-order valence-corrected chi connectivity index (χ3v) is 5.95. The van der Waals surface area contributed by atoms with E-state index in [1.807, 2.05) is 24.0 Å². The van der Waals surface area contributed by atoms with Crippen molar-refractivity contribution in [1.82, 2.24) is 4.90 Å². The van der Waals surface area contributed by atoms with Gasteiger partial charge in [0.2, 0.25) is 5.91 Å². The number of rotatable bonds is 2. The molecular formula is C17H23N3O2S. The van der Waals surface area contributed by atoms with E-state index in [9.17, 15) is 9.59 Å². The predicted molar refractivity (Wildman–Crippen MR) is 92.7 cm³/mol. The van der Waals surface area contributed by atoms with Crippen molar-refractivity contribution in [2.24, 2.45) is 11.7 Å². The molecule has 2 aliphatic heterocycles. The third-order valence-electron chi connectivity index (χ3n) is 4.78. The van der Waals surface area contributed by atoms with Crippen LogP contribution in [0.15, 0.2) is 23.1 Å². The molecule has 0 aromatic heterocycles. The molecule has 23 heavy (non-hydrogen) atoms. The van der Waals surface area contributed by atoms with Gasteiger partial charge in [0.25, 0.3) is 5.91 Å². The zero-order valence-electron chi connectivity index (χ0n) is 13.5. The van der Waals surface area contributed by atoms with Crippen LogP contribution in [0.3, 0.4) is 0 Å². The van der Waals surface area contributed by atoms with Crippen molar-refractivity contribution in [2.75, 3.05) is 18.4 Å². The monoisotopic (exact) mass is 333 g/mol. The maximum absolute atomic E-state index is 12.9. The van der Waals surface area contributed by atoms with Gasteiger partial charge >= 0.3 is 0 Å². The molecule has 0 saturated carbocycles. The Balaban J connectivity index is 1.85. The Bertz CT molecular complexity index is 634. The van der Waals surface area contributed by atoms with Gasteiger partial charge in [0.1, 0.15) is 0 Å². The van der Waals surface area contributed by atoms with E-state index >= 15 is 0 Å². The number of carbonyl (C=O) groups excluding carboxylic acids is 2. The Morgan fingerprint density at radius 3 is 2.96 bits per heavy atom. The number of hydrogen-bond acceptors (Lipinski definition) is 4. The van der Waals surface area contributed by atoms with E-state index in [-0.39, 0.29) is 23.1 Å². The third kappa shape index (κ3) is 3.10. The number of thioether (sulfide) groups is 1. The second kappa shape index (κ2) is 6.53. The van der Waals surface area contributed by atoms with Crippen LogP contribution in [0.1, 0.15) is 37.0 Å². The molecule has 0 unspecified atom stereocenters. The highest BCUT2D eigenvalue weighted by Gasteiger charge is 2.32. The Kier molecular flexibility index (Phi) is 4.64. The standard InChI is InChI=1S/C17H23N3O2S/c1-10-4-3-7-20(14(10)9-18)17(22)12-5-6-15-13(8-12)19-16(21)11(2)23-15/h5-6,8,10-11,14H,3-4,7,9,18H2,1-2H3,(H,19,21)/t10-,11+,14+/m1/s1. The fourth-order valence-corrected chi connectivity index (χ4v) is 4.30. The molecule has 2 aliphatic rings. The van der Waals surface area contributed by atoms with Crippen molar-refractivity contribution in [2.45, 2.75) is 42.9 Å². The Morgan fingerprint density at radius 1 is 1.43 bits per heavy atom. The molecule has 2 amide bonds. The molecule has 3 N–H and O–H groups in total. The molecule has 124 valence electrons. The molecule has 6 heteroatoms.